The van der Waals surface area contributed by atoms with Gasteiger partial charge in [-0.05, 0) is 43.2 Å². The number of anilines is 1. The maximum absolute atomic E-state index is 13.0. The van der Waals surface area contributed by atoms with Crippen molar-refractivity contribution in [2.75, 3.05) is 5.32 Å². The first-order valence-electron chi connectivity index (χ1n) is 10.5. The minimum absolute atomic E-state index is 0.188. The number of carboxylic acids is 1. The molecule has 158 valence electrons. The lowest BCUT2D eigenvalue weighted by Crippen LogP contribution is -2.36. The van der Waals surface area contributed by atoms with E-state index in [-0.39, 0.29) is 11.8 Å². The summed E-state index contributed by atoms with van der Waals surface area (Å²) in [4.78, 5) is 38.7. The molecular weight excluding hydrogens is 400 g/mol. The molecule has 6 nitrogen and oxygen atoms in total. The normalized spacial score (nSPS) is 20.4. The molecule has 4 rings (SSSR count). The van der Waals surface area contributed by atoms with E-state index in [2.05, 4.69) is 10.6 Å². The van der Waals surface area contributed by atoms with E-state index >= 15 is 0 Å². The molecule has 0 aliphatic heterocycles. The predicted octanol–water partition coefficient (Wildman–Crippen LogP) is 4.00. The maximum Gasteiger partial charge on any atom is 0.307 e. The molecule has 0 bridgehead atoms. The van der Waals surface area contributed by atoms with Gasteiger partial charge in [0.05, 0.1) is 17.4 Å². The lowest BCUT2D eigenvalue weighted by atomic mass is 9.79. The Morgan fingerprint density at radius 3 is 2.47 bits per heavy atom. The Labute approximate surface area is 179 Å². The Balaban J connectivity index is 1.53. The molecule has 1 aromatic heterocycles. The van der Waals surface area contributed by atoms with Crippen LogP contribution >= 0.6 is 11.3 Å². The minimum Gasteiger partial charge on any atom is -0.481 e. The van der Waals surface area contributed by atoms with E-state index in [4.69, 9.17) is 0 Å². The van der Waals surface area contributed by atoms with E-state index < -0.39 is 17.8 Å². The molecule has 0 saturated heterocycles. The first-order chi connectivity index (χ1) is 14.5. The summed E-state index contributed by atoms with van der Waals surface area (Å²) in [6.45, 7) is 0.418. The summed E-state index contributed by atoms with van der Waals surface area (Å²) in [6.07, 6.45) is 5.54. The summed E-state index contributed by atoms with van der Waals surface area (Å²) in [6, 6.07) is 9.70. The molecule has 1 aromatic carbocycles. The first-order valence-corrected chi connectivity index (χ1v) is 11.4. The molecule has 2 aliphatic rings. The second kappa shape index (κ2) is 9.00. The third-order valence-corrected chi connectivity index (χ3v) is 7.31. The van der Waals surface area contributed by atoms with Gasteiger partial charge in [-0.1, -0.05) is 43.2 Å². The van der Waals surface area contributed by atoms with Gasteiger partial charge in [0.2, 0.25) is 5.91 Å². The number of rotatable bonds is 6. The Kier molecular flexibility index (Phi) is 6.18. The van der Waals surface area contributed by atoms with Crippen molar-refractivity contribution in [1.82, 2.24) is 5.32 Å². The highest BCUT2D eigenvalue weighted by Crippen LogP contribution is 2.40. The Hall–Kier alpha value is -2.67. The third kappa shape index (κ3) is 4.26. The number of hydrogen-bond donors (Lipinski definition) is 3. The van der Waals surface area contributed by atoms with Crippen LogP contribution in [0.15, 0.2) is 30.3 Å². The Bertz CT molecular complexity index is 954. The van der Waals surface area contributed by atoms with Crippen LogP contribution in [0, 0.1) is 11.8 Å². The first kappa shape index (κ1) is 20.6. The van der Waals surface area contributed by atoms with E-state index in [1.807, 2.05) is 30.3 Å². The van der Waals surface area contributed by atoms with E-state index in [1.54, 1.807) is 0 Å². The Morgan fingerprint density at radius 2 is 1.73 bits per heavy atom. The number of carbonyl (C=O) groups excluding carboxylic acids is 2. The molecule has 2 atom stereocenters. The summed E-state index contributed by atoms with van der Waals surface area (Å²) >= 11 is 1.46. The average Bonchev–Trinajstić information content (AvgIpc) is 3.33. The van der Waals surface area contributed by atoms with Crippen molar-refractivity contribution in [3.8, 4) is 0 Å². The molecule has 1 heterocycles. The number of amides is 2. The average molecular weight is 427 g/mol. The number of nitrogens with one attached hydrogen (secondary N) is 2. The van der Waals surface area contributed by atoms with Crippen LogP contribution in [-0.2, 0) is 29.0 Å². The van der Waals surface area contributed by atoms with Crippen LogP contribution in [0.25, 0.3) is 0 Å². The maximum atomic E-state index is 13.0. The minimum atomic E-state index is -0.913. The molecule has 2 aromatic rings. The standard InChI is InChI=1S/C23H26N2O4S/c26-20(15-9-4-5-10-16(15)23(28)29)25-22-19(17-11-6-12-18(17)30-22)21(27)24-13-14-7-2-1-3-8-14/h1-3,7-8,15-16H,4-6,9-13H2,(H,24,27)(H,25,26)(H,28,29)/t15-,16-/m0/s1. The highest BCUT2D eigenvalue weighted by molar-refractivity contribution is 7.17. The lowest BCUT2D eigenvalue weighted by Gasteiger charge is -2.27. The highest BCUT2D eigenvalue weighted by atomic mass is 32.1. The van der Waals surface area contributed by atoms with Gasteiger partial charge in [0.25, 0.3) is 5.91 Å². The zero-order valence-electron chi connectivity index (χ0n) is 16.8. The molecule has 1 saturated carbocycles. The molecule has 0 radical (unpaired) electrons. The Morgan fingerprint density at radius 1 is 1.00 bits per heavy atom. The van der Waals surface area contributed by atoms with Crippen molar-refractivity contribution in [1.29, 1.82) is 0 Å². The van der Waals surface area contributed by atoms with Gasteiger partial charge in [-0.3, -0.25) is 14.4 Å². The molecule has 0 unspecified atom stereocenters. The number of hydrogen-bond acceptors (Lipinski definition) is 4. The van der Waals surface area contributed by atoms with Gasteiger partial charge in [0.1, 0.15) is 5.00 Å². The van der Waals surface area contributed by atoms with E-state index in [0.717, 1.165) is 48.1 Å². The summed E-state index contributed by atoms with van der Waals surface area (Å²) in [5.41, 5.74) is 2.59. The second-order valence-corrected chi connectivity index (χ2v) is 9.16. The molecule has 2 amide bonds. The summed E-state index contributed by atoms with van der Waals surface area (Å²) in [7, 11) is 0. The quantitative estimate of drug-likeness (QED) is 0.651. The summed E-state index contributed by atoms with van der Waals surface area (Å²) in [5.74, 6) is -2.58. The molecule has 1 fully saturated rings. The van der Waals surface area contributed by atoms with Gasteiger partial charge in [0.15, 0.2) is 0 Å². The topological polar surface area (TPSA) is 95.5 Å². The number of carboxylic acid groups (broad SMARTS) is 1. The van der Waals surface area contributed by atoms with Gasteiger partial charge in [-0.25, -0.2) is 0 Å². The molecule has 7 heteroatoms. The fourth-order valence-corrected chi connectivity index (χ4v) is 5.83. The summed E-state index contributed by atoms with van der Waals surface area (Å²) < 4.78 is 0. The van der Waals surface area contributed by atoms with Gasteiger partial charge in [-0.2, -0.15) is 0 Å². The molecule has 0 spiro atoms. The number of aliphatic carboxylic acids is 1. The van der Waals surface area contributed by atoms with Crippen molar-refractivity contribution in [3.63, 3.8) is 0 Å². The molecule has 2 aliphatic carbocycles. The molecule has 30 heavy (non-hydrogen) atoms. The van der Waals surface area contributed by atoms with Crippen LogP contribution in [0.3, 0.4) is 0 Å². The van der Waals surface area contributed by atoms with E-state index in [9.17, 15) is 19.5 Å². The number of thiophene rings is 1. The number of benzene rings is 1. The lowest BCUT2D eigenvalue weighted by molar-refractivity contribution is -0.147. The summed E-state index contributed by atoms with van der Waals surface area (Å²) in [5, 5.41) is 16.0. The van der Waals surface area contributed by atoms with Crippen molar-refractivity contribution >= 4 is 34.1 Å². The number of fused-ring (bicyclic) bond motifs is 1. The van der Waals surface area contributed by atoms with Gasteiger partial charge >= 0.3 is 5.97 Å². The van der Waals surface area contributed by atoms with Crippen molar-refractivity contribution < 1.29 is 19.5 Å². The van der Waals surface area contributed by atoms with E-state index in [0.29, 0.717) is 30.0 Å². The number of aryl methyl sites for hydroxylation is 1. The molecular formula is C23H26N2O4S. The van der Waals surface area contributed by atoms with E-state index in [1.165, 1.54) is 11.3 Å². The van der Waals surface area contributed by atoms with Gasteiger partial charge in [0, 0.05) is 11.4 Å². The van der Waals surface area contributed by atoms with Gasteiger partial charge in [-0.15, -0.1) is 11.3 Å². The largest absolute Gasteiger partial charge is 0.481 e. The fraction of sp³-hybridized carbons (Fsp3) is 0.435. The van der Waals surface area contributed by atoms with Gasteiger partial charge < -0.3 is 15.7 Å². The highest BCUT2D eigenvalue weighted by Gasteiger charge is 2.37. The van der Waals surface area contributed by atoms with Crippen LogP contribution in [0.5, 0.6) is 0 Å². The molecule has 3 N–H and O–H groups in total. The smallest absolute Gasteiger partial charge is 0.307 e. The zero-order valence-corrected chi connectivity index (χ0v) is 17.6. The third-order valence-electron chi connectivity index (χ3n) is 6.10. The second-order valence-electron chi connectivity index (χ2n) is 8.05. The van der Waals surface area contributed by atoms with Crippen LogP contribution in [0.2, 0.25) is 0 Å². The van der Waals surface area contributed by atoms with Crippen LogP contribution < -0.4 is 10.6 Å². The van der Waals surface area contributed by atoms with Crippen molar-refractivity contribution in [3.05, 3.63) is 51.9 Å². The van der Waals surface area contributed by atoms with Crippen LogP contribution in [0.4, 0.5) is 5.00 Å². The predicted molar refractivity (Wildman–Crippen MR) is 116 cm³/mol. The fourth-order valence-electron chi connectivity index (χ4n) is 4.54. The monoisotopic (exact) mass is 426 g/mol. The van der Waals surface area contributed by atoms with Crippen molar-refractivity contribution in [2.24, 2.45) is 11.8 Å². The van der Waals surface area contributed by atoms with Crippen molar-refractivity contribution in [2.45, 2.75) is 51.5 Å². The zero-order chi connectivity index (χ0) is 21.1. The SMILES string of the molecule is O=C(NCc1ccccc1)c1c(NC(=O)[C@H]2CCCC[C@@H]2C(=O)O)sc2c1CCC2. The van der Waals surface area contributed by atoms with Crippen LogP contribution in [0.1, 0.15) is 58.5 Å². The van der Waals surface area contributed by atoms with Crippen LogP contribution in [-0.4, -0.2) is 22.9 Å². The number of carbonyl (C=O) groups is 3.